The van der Waals surface area contributed by atoms with Crippen LogP contribution < -0.4 is 10.6 Å². The lowest BCUT2D eigenvalue weighted by Crippen LogP contribution is -2.56. The van der Waals surface area contributed by atoms with Crippen molar-refractivity contribution < 1.29 is 14.0 Å². The fourth-order valence-electron chi connectivity index (χ4n) is 2.00. The molecule has 102 valence electrons. The molecule has 2 N–H and O–H groups in total. The monoisotopic (exact) mass is 266 g/mol. The molecule has 0 spiro atoms. The molecule has 0 aliphatic carbocycles. The highest BCUT2D eigenvalue weighted by molar-refractivity contribution is 5.98. The molecule has 1 fully saturated rings. The fourth-order valence-corrected chi connectivity index (χ4v) is 2.00. The third-order valence-corrected chi connectivity index (χ3v) is 3.12. The van der Waals surface area contributed by atoms with Gasteiger partial charge in [0.25, 0.3) is 5.91 Å². The summed E-state index contributed by atoms with van der Waals surface area (Å²) in [4.78, 5) is 29.0. The number of carbonyl (C=O) groups is 2. The number of amides is 2. The van der Waals surface area contributed by atoms with Crippen molar-refractivity contribution in [1.82, 2.24) is 15.2 Å². The lowest BCUT2D eigenvalue weighted by molar-refractivity contribution is -0.127. The summed E-state index contributed by atoms with van der Waals surface area (Å²) < 4.78 is 14.0. The van der Waals surface area contributed by atoms with Gasteiger partial charge in [-0.1, -0.05) is 0 Å². The quantitative estimate of drug-likeness (QED) is 0.803. The normalized spacial score (nSPS) is 19.0. The second-order valence-electron chi connectivity index (χ2n) is 4.24. The summed E-state index contributed by atoms with van der Waals surface area (Å²) in [5.41, 5.74) is -0.0825. The van der Waals surface area contributed by atoms with Crippen molar-refractivity contribution in [3.05, 3.63) is 23.6 Å². The van der Waals surface area contributed by atoms with Crippen molar-refractivity contribution >= 4 is 17.6 Å². The molecule has 1 atom stereocenters. The summed E-state index contributed by atoms with van der Waals surface area (Å²) in [5, 5.41) is 5.23. The van der Waals surface area contributed by atoms with Crippen LogP contribution in [0.25, 0.3) is 0 Å². The summed E-state index contributed by atoms with van der Waals surface area (Å²) in [5.74, 6) is -1.42. The maximum atomic E-state index is 14.0. The van der Waals surface area contributed by atoms with Gasteiger partial charge in [0, 0.05) is 26.3 Å². The molecule has 1 unspecified atom stereocenters. The van der Waals surface area contributed by atoms with Crippen LogP contribution in [0, 0.1) is 5.82 Å². The second-order valence-corrected chi connectivity index (χ2v) is 4.24. The Hall–Kier alpha value is -2.18. The molecule has 0 bridgehead atoms. The highest BCUT2D eigenvalue weighted by Crippen LogP contribution is 2.18. The molecule has 2 heterocycles. The van der Waals surface area contributed by atoms with Gasteiger partial charge < -0.3 is 15.5 Å². The first-order valence-electron chi connectivity index (χ1n) is 5.97. The first-order valence-corrected chi connectivity index (χ1v) is 5.97. The van der Waals surface area contributed by atoms with E-state index in [4.69, 9.17) is 0 Å². The summed E-state index contributed by atoms with van der Waals surface area (Å²) in [7, 11) is 1.52. The molecule has 7 heteroatoms. The molecule has 0 aromatic carbocycles. The van der Waals surface area contributed by atoms with E-state index in [1.54, 1.807) is 6.92 Å². The molecule has 2 amide bonds. The number of halogens is 1. The molecular weight excluding hydrogens is 251 g/mol. The average molecular weight is 266 g/mol. The molecule has 2 rings (SSSR count). The number of pyridine rings is 1. The van der Waals surface area contributed by atoms with Gasteiger partial charge >= 0.3 is 0 Å². The number of nitrogens with zero attached hydrogens (tertiary/aromatic N) is 2. The van der Waals surface area contributed by atoms with Gasteiger partial charge in [0.05, 0.1) is 5.56 Å². The van der Waals surface area contributed by atoms with Gasteiger partial charge in [-0.05, 0) is 13.0 Å². The van der Waals surface area contributed by atoms with Crippen molar-refractivity contribution in [1.29, 1.82) is 0 Å². The third-order valence-electron chi connectivity index (χ3n) is 3.12. The van der Waals surface area contributed by atoms with Crippen molar-refractivity contribution in [2.24, 2.45) is 0 Å². The number of rotatable bonds is 2. The zero-order valence-corrected chi connectivity index (χ0v) is 10.7. The highest BCUT2D eigenvalue weighted by atomic mass is 19.1. The summed E-state index contributed by atoms with van der Waals surface area (Å²) in [6.45, 7) is 2.35. The fraction of sp³-hybridized carbons (Fsp3) is 0.417. The number of carbonyl (C=O) groups excluding carboxylic acids is 2. The van der Waals surface area contributed by atoms with Crippen LogP contribution in [-0.2, 0) is 4.79 Å². The van der Waals surface area contributed by atoms with Crippen LogP contribution >= 0.6 is 0 Å². The smallest absolute Gasteiger partial charge is 0.257 e. The molecule has 1 aromatic heterocycles. The largest absolute Gasteiger partial charge is 0.371 e. The van der Waals surface area contributed by atoms with Crippen LogP contribution in [0.4, 0.5) is 10.2 Å². The third kappa shape index (κ3) is 2.35. The van der Waals surface area contributed by atoms with Crippen molar-refractivity contribution in [2.75, 3.05) is 25.5 Å². The number of hydrogen-bond acceptors (Lipinski definition) is 4. The average Bonchev–Trinajstić information content (AvgIpc) is 2.41. The first kappa shape index (κ1) is 13.3. The molecular formula is C12H15FN4O2. The van der Waals surface area contributed by atoms with Gasteiger partial charge in [0.2, 0.25) is 5.91 Å². The Morgan fingerprint density at radius 3 is 3.05 bits per heavy atom. The Balaban J connectivity index is 2.31. The van der Waals surface area contributed by atoms with Gasteiger partial charge in [0.1, 0.15) is 6.04 Å². The lowest BCUT2D eigenvalue weighted by atomic mass is 10.1. The van der Waals surface area contributed by atoms with E-state index in [0.717, 1.165) is 0 Å². The number of piperazine rings is 1. The van der Waals surface area contributed by atoms with Crippen molar-refractivity contribution in [3.63, 3.8) is 0 Å². The van der Waals surface area contributed by atoms with E-state index in [-0.39, 0.29) is 17.3 Å². The van der Waals surface area contributed by atoms with E-state index in [1.165, 1.54) is 24.2 Å². The Morgan fingerprint density at radius 1 is 1.63 bits per heavy atom. The Kier molecular flexibility index (Phi) is 3.64. The van der Waals surface area contributed by atoms with E-state index in [9.17, 15) is 14.0 Å². The van der Waals surface area contributed by atoms with Crippen LogP contribution in [0.15, 0.2) is 12.3 Å². The second kappa shape index (κ2) is 5.21. The zero-order chi connectivity index (χ0) is 14.0. The molecule has 1 aliphatic rings. The SMILES string of the molecule is CNc1nccc(C(=O)N2CCNC(=O)C2C)c1F. The van der Waals surface area contributed by atoms with E-state index < -0.39 is 17.8 Å². The zero-order valence-electron chi connectivity index (χ0n) is 10.7. The van der Waals surface area contributed by atoms with Crippen LogP contribution in [0.1, 0.15) is 17.3 Å². The van der Waals surface area contributed by atoms with Gasteiger partial charge in [-0.25, -0.2) is 9.37 Å². The van der Waals surface area contributed by atoms with Gasteiger partial charge in [-0.2, -0.15) is 0 Å². The van der Waals surface area contributed by atoms with E-state index in [2.05, 4.69) is 15.6 Å². The highest BCUT2D eigenvalue weighted by Gasteiger charge is 2.31. The predicted molar refractivity (Wildman–Crippen MR) is 67.2 cm³/mol. The van der Waals surface area contributed by atoms with Crippen LogP contribution in [0.2, 0.25) is 0 Å². The lowest BCUT2D eigenvalue weighted by Gasteiger charge is -2.32. The Labute approximate surface area is 110 Å². The van der Waals surface area contributed by atoms with Crippen LogP contribution in [0.5, 0.6) is 0 Å². The minimum Gasteiger partial charge on any atom is -0.371 e. The molecule has 6 nitrogen and oxygen atoms in total. The Bertz CT molecular complexity index is 520. The number of hydrogen-bond donors (Lipinski definition) is 2. The van der Waals surface area contributed by atoms with E-state index in [1.807, 2.05) is 0 Å². The van der Waals surface area contributed by atoms with Gasteiger partial charge in [0.15, 0.2) is 11.6 Å². The summed E-state index contributed by atoms with van der Waals surface area (Å²) in [6, 6.07) is 0.712. The van der Waals surface area contributed by atoms with Crippen LogP contribution in [0.3, 0.4) is 0 Å². The molecule has 19 heavy (non-hydrogen) atoms. The number of aromatic nitrogens is 1. The van der Waals surface area contributed by atoms with E-state index in [0.29, 0.717) is 13.1 Å². The topological polar surface area (TPSA) is 74.3 Å². The maximum absolute atomic E-state index is 14.0. The number of nitrogens with one attached hydrogen (secondary N) is 2. The number of anilines is 1. The minimum absolute atomic E-state index is 0.0139. The first-order chi connectivity index (χ1) is 9.06. The van der Waals surface area contributed by atoms with E-state index >= 15 is 0 Å². The van der Waals surface area contributed by atoms with Crippen LogP contribution in [-0.4, -0.2) is 47.9 Å². The Morgan fingerprint density at radius 2 is 2.37 bits per heavy atom. The molecule has 1 aromatic rings. The van der Waals surface area contributed by atoms with Gasteiger partial charge in [-0.3, -0.25) is 9.59 Å². The maximum Gasteiger partial charge on any atom is 0.257 e. The molecule has 0 radical (unpaired) electrons. The molecule has 1 saturated heterocycles. The standard InChI is InChI=1S/C12H15FN4O2/c1-7-11(18)16-5-6-17(7)12(19)8-3-4-15-10(14-2)9(8)13/h3-4,7H,5-6H2,1-2H3,(H,14,15)(H,16,18). The molecule has 0 saturated carbocycles. The summed E-state index contributed by atoms with van der Waals surface area (Å²) >= 11 is 0. The van der Waals surface area contributed by atoms with Crippen molar-refractivity contribution in [3.8, 4) is 0 Å². The predicted octanol–water partition coefficient (Wildman–Crippen LogP) is 0.223. The van der Waals surface area contributed by atoms with Crippen molar-refractivity contribution in [2.45, 2.75) is 13.0 Å². The summed E-state index contributed by atoms with van der Waals surface area (Å²) in [6.07, 6.45) is 1.36. The minimum atomic E-state index is -0.701. The molecule has 1 aliphatic heterocycles. The van der Waals surface area contributed by atoms with Gasteiger partial charge in [-0.15, -0.1) is 0 Å².